The van der Waals surface area contributed by atoms with Gasteiger partial charge in [0, 0.05) is 19.3 Å². The van der Waals surface area contributed by atoms with E-state index in [9.17, 15) is 23.8 Å². The molecule has 0 bridgehead atoms. The summed E-state index contributed by atoms with van der Waals surface area (Å²) < 4.78 is 33.8. The van der Waals surface area contributed by atoms with Crippen molar-refractivity contribution in [2.75, 3.05) is 47.5 Å². The van der Waals surface area contributed by atoms with Crippen LogP contribution in [0.3, 0.4) is 0 Å². The highest BCUT2D eigenvalue weighted by atomic mass is 31.2. The minimum atomic E-state index is -4.66. The fourth-order valence-electron chi connectivity index (χ4n) is 5.83. The smallest absolute Gasteiger partial charge is 0.306 e. The van der Waals surface area contributed by atoms with Crippen molar-refractivity contribution in [2.24, 2.45) is 0 Å². The highest BCUT2D eigenvalue weighted by molar-refractivity contribution is 7.45. The van der Waals surface area contributed by atoms with E-state index in [2.05, 4.69) is 38.2 Å². The molecule has 0 saturated carbocycles. The van der Waals surface area contributed by atoms with E-state index in [0.29, 0.717) is 36.7 Å². The molecule has 0 aromatic heterocycles. The summed E-state index contributed by atoms with van der Waals surface area (Å²) in [7, 11) is 1.08. The highest BCUT2D eigenvalue weighted by Gasteiger charge is 2.21. The number of esters is 2. The SMILES string of the molecule is CCCCCCCC/C=C\CCCCCCCCCC(=O)OC[C@H](COP(=O)([O-])OCC[N+](C)(C)C)OC(=O)CCC/C=C\C/C=C\C/C=C\C=C\C(=O)CCCCC. The number of ketones is 1. The number of rotatable bonds is 41. The summed E-state index contributed by atoms with van der Waals surface area (Å²) in [6.45, 7) is 3.96. The van der Waals surface area contributed by atoms with Crippen LogP contribution in [0.1, 0.15) is 174 Å². The first-order valence-corrected chi connectivity index (χ1v) is 24.4. The lowest BCUT2D eigenvalue weighted by Gasteiger charge is -2.28. The standard InChI is InChI=1S/C48H84NO9P/c1-6-8-10-11-12-13-14-15-16-17-18-19-22-25-28-31-35-39-47(51)55-43-46(44-57-59(53,54)56-42-41-49(3,4)5)58-48(52)40-36-32-29-26-23-20-21-24-27-30-34-38-45(50)37-33-9-7-2/h15-16,20-21,26-27,29-30,34,38,46H,6-14,17-19,22-25,28,31-33,35-37,39-44H2,1-5H3/b16-15-,21-20-,29-26-,30-27-,38-34+/t46-/m1/s1. The molecule has 0 amide bonds. The quantitative estimate of drug-likeness (QED) is 0.0112. The van der Waals surface area contributed by atoms with Crippen molar-refractivity contribution in [3.8, 4) is 0 Å². The van der Waals surface area contributed by atoms with Crippen molar-refractivity contribution in [1.29, 1.82) is 0 Å². The number of phosphoric acid groups is 1. The molecule has 0 aromatic carbocycles. The van der Waals surface area contributed by atoms with Gasteiger partial charge in [0.15, 0.2) is 11.9 Å². The van der Waals surface area contributed by atoms with Crippen LogP contribution in [-0.4, -0.2) is 75.8 Å². The van der Waals surface area contributed by atoms with Gasteiger partial charge in [-0.25, -0.2) is 0 Å². The van der Waals surface area contributed by atoms with Crippen LogP contribution in [0.5, 0.6) is 0 Å². The number of allylic oxidation sites excluding steroid dienone is 10. The first-order chi connectivity index (χ1) is 28.4. The number of ether oxygens (including phenoxy) is 2. The van der Waals surface area contributed by atoms with Gasteiger partial charge in [-0.1, -0.05) is 146 Å². The number of likely N-dealkylation sites (N-methyl/N-ethyl adjacent to an activating group) is 1. The van der Waals surface area contributed by atoms with Crippen LogP contribution in [0.2, 0.25) is 0 Å². The molecule has 0 saturated heterocycles. The maximum Gasteiger partial charge on any atom is 0.306 e. The van der Waals surface area contributed by atoms with Crippen molar-refractivity contribution in [3.05, 3.63) is 60.8 Å². The zero-order chi connectivity index (χ0) is 43.7. The Hall–Kier alpha value is -2.62. The van der Waals surface area contributed by atoms with Crippen LogP contribution in [0.4, 0.5) is 0 Å². The number of nitrogens with zero attached hydrogens (tertiary/aromatic N) is 1. The minimum absolute atomic E-state index is 0.0547. The Kier molecular flexibility index (Phi) is 37.8. The monoisotopic (exact) mass is 850 g/mol. The van der Waals surface area contributed by atoms with E-state index < -0.39 is 32.5 Å². The summed E-state index contributed by atoms with van der Waals surface area (Å²) in [5.74, 6) is -0.776. The molecule has 0 aliphatic heterocycles. The van der Waals surface area contributed by atoms with Gasteiger partial charge in [-0.05, 0) is 70.3 Å². The molecule has 0 aromatic rings. The van der Waals surface area contributed by atoms with E-state index in [-0.39, 0.29) is 31.8 Å². The Bertz CT molecular complexity index is 1250. The minimum Gasteiger partial charge on any atom is -0.756 e. The van der Waals surface area contributed by atoms with Gasteiger partial charge < -0.3 is 27.9 Å². The number of phosphoric ester groups is 1. The zero-order valence-corrected chi connectivity index (χ0v) is 38.8. The number of hydrogen-bond donors (Lipinski definition) is 0. The third kappa shape index (κ3) is 43.3. The van der Waals surface area contributed by atoms with Crippen LogP contribution < -0.4 is 4.89 Å². The lowest BCUT2D eigenvalue weighted by Crippen LogP contribution is -2.37. The van der Waals surface area contributed by atoms with Gasteiger partial charge in [0.25, 0.3) is 7.82 Å². The summed E-state index contributed by atoms with van der Waals surface area (Å²) in [4.78, 5) is 49.3. The van der Waals surface area contributed by atoms with Gasteiger partial charge >= 0.3 is 11.9 Å². The second kappa shape index (κ2) is 39.5. The zero-order valence-electron chi connectivity index (χ0n) is 37.9. The molecule has 10 nitrogen and oxygen atoms in total. The molecule has 0 fully saturated rings. The van der Waals surface area contributed by atoms with E-state index in [0.717, 1.165) is 57.8 Å². The third-order valence-electron chi connectivity index (χ3n) is 9.49. The predicted octanol–water partition coefficient (Wildman–Crippen LogP) is 11.8. The molecule has 1 unspecified atom stereocenters. The number of unbranched alkanes of at least 4 members (excludes halogenated alkanes) is 16. The Morgan fingerprint density at radius 2 is 1.08 bits per heavy atom. The Morgan fingerprint density at radius 3 is 1.73 bits per heavy atom. The summed E-state index contributed by atoms with van der Waals surface area (Å²) >= 11 is 0. The molecule has 0 rings (SSSR count). The largest absolute Gasteiger partial charge is 0.756 e. The number of carbonyl (C=O) groups excluding carboxylic acids is 3. The fraction of sp³-hybridized carbons (Fsp3) is 0.729. The van der Waals surface area contributed by atoms with Crippen molar-refractivity contribution in [1.82, 2.24) is 0 Å². The molecule has 59 heavy (non-hydrogen) atoms. The van der Waals surface area contributed by atoms with E-state index >= 15 is 0 Å². The summed E-state index contributed by atoms with van der Waals surface area (Å²) in [6.07, 6.45) is 43.8. The van der Waals surface area contributed by atoms with Gasteiger partial charge in [-0.2, -0.15) is 0 Å². The van der Waals surface area contributed by atoms with Gasteiger partial charge in [-0.3, -0.25) is 18.9 Å². The molecule has 0 aliphatic rings. The van der Waals surface area contributed by atoms with Crippen LogP contribution in [-0.2, 0) is 37.5 Å². The van der Waals surface area contributed by atoms with E-state index in [1.54, 1.807) is 12.2 Å². The van der Waals surface area contributed by atoms with Crippen LogP contribution >= 0.6 is 7.82 Å². The van der Waals surface area contributed by atoms with Crippen LogP contribution in [0.15, 0.2) is 60.8 Å². The van der Waals surface area contributed by atoms with Gasteiger partial charge in [0.1, 0.15) is 19.8 Å². The second-order valence-electron chi connectivity index (χ2n) is 16.4. The van der Waals surface area contributed by atoms with E-state index in [1.165, 1.54) is 64.2 Å². The molecule has 0 aliphatic carbocycles. The number of hydrogen-bond acceptors (Lipinski definition) is 9. The molecule has 0 N–H and O–H groups in total. The summed E-state index contributed by atoms with van der Waals surface area (Å²) in [5.41, 5.74) is 0. The molecule has 0 spiro atoms. The summed E-state index contributed by atoms with van der Waals surface area (Å²) in [5, 5.41) is 0. The third-order valence-corrected chi connectivity index (χ3v) is 10.5. The maximum absolute atomic E-state index is 12.7. The molecule has 11 heteroatoms. The average Bonchev–Trinajstić information content (AvgIpc) is 3.18. The van der Waals surface area contributed by atoms with Crippen LogP contribution in [0, 0.1) is 0 Å². The predicted molar refractivity (Wildman–Crippen MR) is 241 cm³/mol. The molecule has 0 radical (unpaired) electrons. The van der Waals surface area contributed by atoms with Crippen molar-refractivity contribution in [2.45, 2.75) is 180 Å². The Labute approximate surface area is 360 Å². The normalized spacial score (nSPS) is 14.0. The first-order valence-electron chi connectivity index (χ1n) is 22.9. The topological polar surface area (TPSA) is 128 Å². The van der Waals surface area contributed by atoms with Crippen LogP contribution in [0.25, 0.3) is 0 Å². The number of carbonyl (C=O) groups is 3. The summed E-state index contributed by atoms with van der Waals surface area (Å²) in [6, 6.07) is 0. The lowest BCUT2D eigenvalue weighted by molar-refractivity contribution is -0.870. The average molecular weight is 850 g/mol. The Morgan fingerprint density at radius 1 is 0.576 bits per heavy atom. The molecular formula is C48H84NO9P. The van der Waals surface area contributed by atoms with E-state index in [4.69, 9.17) is 18.5 Å². The van der Waals surface area contributed by atoms with Crippen molar-refractivity contribution >= 4 is 25.5 Å². The van der Waals surface area contributed by atoms with Gasteiger partial charge in [0.05, 0.1) is 27.7 Å². The second-order valence-corrected chi connectivity index (χ2v) is 17.9. The fourth-order valence-corrected chi connectivity index (χ4v) is 6.56. The lowest BCUT2D eigenvalue weighted by atomic mass is 10.1. The van der Waals surface area contributed by atoms with Gasteiger partial charge in [0.2, 0.25) is 0 Å². The van der Waals surface area contributed by atoms with Crippen molar-refractivity contribution < 1.29 is 46.8 Å². The van der Waals surface area contributed by atoms with Crippen molar-refractivity contribution in [3.63, 3.8) is 0 Å². The molecule has 340 valence electrons. The maximum atomic E-state index is 12.7. The van der Waals surface area contributed by atoms with E-state index in [1.807, 2.05) is 45.4 Å². The molecular weight excluding hydrogens is 765 g/mol. The molecule has 2 atom stereocenters. The molecule has 0 heterocycles. The first kappa shape index (κ1) is 56.4. The highest BCUT2D eigenvalue weighted by Crippen LogP contribution is 2.38. The number of quaternary nitrogens is 1. The van der Waals surface area contributed by atoms with Gasteiger partial charge in [-0.15, -0.1) is 0 Å². The Balaban J connectivity index is 4.48.